The molecule has 0 radical (unpaired) electrons. The van der Waals surface area contributed by atoms with E-state index in [0.29, 0.717) is 0 Å². The van der Waals surface area contributed by atoms with Gasteiger partial charge < -0.3 is 15.2 Å². The van der Waals surface area contributed by atoms with Gasteiger partial charge >= 0.3 is 12.2 Å². The van der Waals surface area contributed by atoms with E-state index in [4.69, 9.17) is 0 Å². The first-order valence-corrected chi connectivity index (χ1v) is 10.7. The molecule has 0 unspecified atom stereocenters. The second-order valence-electron chi connectivity index (χ2n) is 7.38. The van der Waals surface area contributed by atoms with Gasteiger partial charge in [-0.05, 0) is 62.4 Å². The topological polar surface area (TPSA) is 46.1 Å². The number of fused-ring (bicyclic) bond motifs is 1. The predicted octanol–water partition coefficient (Wildman–Crippen LogP) is 6.32. The summed E-state index contributed by atoms with van der Waals surface area (Å²) in [7, 11) is 0. The van der Waals surface area contributed by atoms with Crippen LogP contribution in [0.4, 0.5) is 23.7 Å². The Balaban J connectivity index is 1.59. The number of para-hydroxylation sites is 1. The number of halogens is 3. The summed E-state index contributed by atoms with van der Waals surface area (Å²) in [5.41, 5.74) is 1.19. The minimum absolute atomic E-state index is 0.257. The van der Waals surface area contributed by atoms with Gasteiger partial charge in [0.15, 0.2) is 0 Å². The van der Waals surface area contributed by atoms with E-state index in [1.807, 2.05) is 36.0 Å². The standard InChI is InChI=1S/C22H22F3N3OS/c1-14(26-21(29)27-17-10-4-3-9-16(17)22(23,24)25)19-15-8-2-5-11-18(15)30-20(19)28-12-6-7-13-28/h3-4,6-7,9-10,12-14H,2,5,8,11H2,1H3,(H2,26,27,29)/t14-/m0/s1. The first-order valence-electron chi connectivity index (χ1n) is 9.86. The number of benzene rings is 1. The summed E-state index contributed by atoms with van der Waals surface area (Å²) in [4.78, 5) is 13.9. The zero-order valence-corrected chi connectivity index (χ0v) is 17.2. The molecule has 4 rings (SSSR count). The van der Waals surface area contributed by atoms with Crippen molar-refractivity contribution in [2.24, 2.45) is 0 Å². The number of nitrogens with zero attached hydrogens (tertiary/aromatic N) is 1. The smallest absolute Gasteiger partial charge is 0.331 e. The van der Waals surface area contributed by atoms with E-state index in [1.54, 1.807) is 11.3 Å². The van der Waals surface area contributed by atoms with Gasteiger partial charge in [-0.25, -0.2) is 4.79 Å². The third kappa shape index (κ3) is 4.09. The fraction of sp³-hybridized carbons (Fsp3) is 0.318. The maximum absolute atomic E-state index is 13.2. The molecule has 2 N–H and O–H groups in total. The third-order valence-electron chi connectivity index (χ3n) is 5.29. The molecule has 4 nitrogen and oxygen atoms in total. The van der Waals surface area contributed by atoms with Crippen LogP contribution in [-0.2, 0) is 19.0 Å². The predicted molar refractivity (Wildman–Crippen MR) is 112 cm³/mol. The number of rotatable bonds is 4. The average Bonchev–Trinajstić information content (AvgIpc) is 3.35. The van der Waals surface area contributed by atoms with Crippen molar-refractivity contribution in [2.75, 3.05) is 5.32 Å². The Morgan fingerprint density at radius 2 is 1.80 bits per heavy atom. The summed E-state index contributed by atoms with van der Waals surface area (Å²) in [5, 5.41) is 6.26. The molecule has 0 spiro atoms. The summed E-state index contributed by atoms with van der Waals surface area (Å²) in [6.45, 7) is 1.87. The lowest BCUT2D eigenvalue weighted by molar-refractivity contribution is -0.136. The van der Waals surface area contributed by atoms with E-state index in [1.165, 1.54) is 28.6 Å². The molecule has 158 valence electrons. The van der Waals surface area contributed by atoms with Gasteiger partial charge in [-0.2, -0.15) is 13.2 Å². The molecule has 2 amide bonds. The number of urea groups is 1. The number of amides is 2. The van der Waals surface area contributed by atoms with Crippen LogP contribution in [0.1, 0.15) is 47.4 Å². The maximum Gasteiger partial charge on any atom is 0.418 e. The molecule has 1 aliphatic carbocycles. The number of hydrogen-bond acceptors (Lipinski definition) is 2. The lowest BCUT2D eigenvalue weighted by Crippen LogP contribution is -2.32. The van der Waals surface area contributed by atoms with Gasteiger partial charge in [0.1, 0.15) is 5.00 Å². The summed E-state index contributed by atoms with van der Waals surface area (Å²) in [5.74, 6) is 0. The quantitative estimate of drug-likeness (QED) is 0.497. The number of alkyl halides is 3. The Hall–Kier alpha value is -2.74. The van der Waals surface area contributed by atoms with Crippen molar-refractivity contribution in [3.8, 4) is 5.00 Å². The average molecular weight is 433 g/mol. The minimum atomic E-state index is -4.54. The van der Waals surface area contributed by atoms with Crippen molar-refractivity contribution in [1.82, 2.24) is 9.88 Å². The molecular weight excluding hydrogens is 411 g/mol. The molecule has 0 bridgehead atoms. The van der Waals surface area contributed by atoms with Crippen LogP contribution >= 0.6 is 11.3 Å². The zero-order valence-electron chi connectivity index (χ0n) is 16.4. The van der Waals surface area contributed by atoms with Crippen molar-refractivity contribution >= 4 is 23.1 Å². The minimum Gasteiger partial charge on any atom is -0.331 e. The van der Waals surface area contributed by atoms with Gasteiger partial charge in [-0.15, -0.1) is 11.3 Å². The zero-order chi connectivity index (χ0) is 21.3. The summed E-state index contributed by atoms with van der Waals surface area (Å²) in [6, 6.07) is 7.86. The summed E-state index contributed by atoms with van der Waals surface area (Å²) >= 11 is 1.73. The maximum atomic E-state index is 13.2. The molecule has 2 heterocycles. The van der Waals surface area contributed by atoms with Crippen LogP contribution in [0.25, 0.3) is 5.00 Å². The Labute approximate surface area is 176 Å². The first kappa shape index (κ1) is 20.5. The van der Waals surface area contributed by atoms with Gasteiger partial charge in [0, 0.05) is 22.8 Å². The molecule has 0 saturated carbocycles. The van der Waals surface area contributed by atoms with Gasteiger partial charge in [0.2, 0.25) is 0 Å². The fourth-order valence-corrected chi connectivity index (χ4v) is 5.40. The molecule has 3 aromatic rings. The fourth-order valence-electron chi connectivity index (χ4n) is 3.95. The highest BCUT2D eigenvalue weighted by molar-refractivity contribution is 7.15. The van der Waals surface area contributed by atoms with Crippen LogP contribution in [0, 0.1) is 0 Å². The number of thiophene rings is 1. The highest BCUT2D eigenvalue weighted by atomic mass is 32.1. The van der Waals surface area contributed by atoms with Crippen LogP contribution in [-0.4, -0.2) is 10.6 Å². The highest BCUT2D eigenvalue weighted by Crippen LogP contribution is 2.40. The molecular formula is C22H22F3N3OS. The second kappa shape index (κ2) is 8.18. The Bertz CT molecular complexity index is 1040. The van der Waals surface area contributed by atoms with Crippen molar-refractivity contribution in [1.29, 1.82) is 0 Å². The summed E-state index contributed by atoms with van der Waals surface area (Å²) in [6.07, 6.45) is 3.61. The number of aromatic nitrogens is 1. The van der Waals surface area contributed by atoms with E-state index < -0.39 is 17.8 Å². The van der Waals surface area contributed by atoms with E-state index >= 15 is 0 Å². The van der Waals surface area contributed by atoms with E-state index in [9.17, 15) is 18.0 Å². The van der Waals surface area contributed by atoms with Gasteiger partial charge in [-0.3, -0.25) is 0 Å². The molecule has 0 saturated heterocycles. The number of nitrogens with one attached hydrogen (secondary N) is 2. The monoisotopic (exact) mass is 433 g/mol. The largest absolute Gasteiger partial charge is 0.418 e. The lowest BCUT2D eigenvalue weighted by atomic mass is 9.93. The molecule has 30 heavy (non-hydrogen) atoms. The van der Waals surface area contributed by atoms with Gasteiger partial charge in [-0.1, -0.05) is 12.1 Å². The van der Waals surface area contributed by atoms with Crippen LogP contribution in [0.15, 0.2) is 48.8 Å². The number of carbonyl (C=O) groups excluding carboxylic acids is 1. The first-order chi connectivity index (χ1) is 14.3. The van der Waals surface area contributed by atoms with Gasteiger partial charge in [0.25, 0.3) is 0 Å². The molecule has 2 aromatic heterocycles. The third-order valence-corrected chi connectivity index (χ3v) is 6.61. The number of hydrogen-bond donors (Lipinski definition) is 2. The normalized spacial score (nSPS) is 14.8. The Morgan fingerprint density at radius 3 is 2.53 bits per heavy atom. The molecule has 1 aromatic carbocycles. The number of anilines is 1. The number of carbonyl (C=O) groups is 1. The van der Waals surface area contributed by atoms with Gasteiger partial charge in [0.05, 0.1) is 17.3 Å². The van der Waals surface area contributed by atoms with E-state index in [-0.39, 0.29) is 11.7 Å². The Kier molecular flexibility index (Phi) is 5.60. The lowest BCUT2D eigenvalue weighted by Gasteiger charge is -2.21. The van der Waals surface area contributed by atoms with Crippen molar-refractivity contribution < 1.29 is 18.0 Å². The van der Waals surface area contributed by atoms with E-state index in [0.717, 1.165) is 42.3 Å². The molecule has 0 aliphatic heterocycles. The highest BCUT2D eigenvalue weighted by Gasteiger charge is 2.34. The SMILES string of the molecule is C[C@H](NC(=O)Nc1ccccc1C(F)(F)F)c1c(-n2cccc2)sc2c1CCCC2. The van der Waals surface area contributed by atoms with E-state index in [2.05, 4.69) is 10.6 Å². The van der Waals surface area contributed by atoms with Crippen LogP contribution in [0.5, 0.6) is 0 Å². The molecule has 8 heteroatoms. The molecule has 1 atom stereocenters. The van der Waals surface area contributed by atoms with Crippen LogP contribution < -0.4 is 10.6 Å². The Morgan fingerprint density at radius 1 is 1.10 bits per heavy atom. The second-order valence-corrected chi connectivity index (χ2v) is 8.47. The van der Waals surface area contributed by atoms with Crippen LogP contribution in [0.2, 0.25) is 0 Å². The van der Waals surface area contributed by atoms with Crippen molar-refractivity contribution in [3.63, 3.8) is 0 Å². The van der Waals surface area contributed by atoms with Crippen molar-refractivity contribution in [3.05, 3.63) is 70.4 Å². The molecule has 1 aliphatic rings. The summed E-state index contributed by atoms with van der Waals surface area (Å²) < 4.78 is 41.7. The van der Waals surface area contributed by atoms with Crippen LogP contribution in [0.3, 0.4) is 0 Å². The number of aryl methyl sites for hydroxylation is 1. The van der Waals surface area contributed by atoms with Crippen molar-refractivity contribution in [2.45, 2.75) is 44.8 Å². The molecule has 0 fully saturated rings.